The van der Waals surface area contributed by atoms with Crippen LogP contribution in [0.5, 0.6) is 11.5 Å². The first-order valence-corrected chi connectivity index (χ1v) is 13.9. The lowest BCUT2D eigenvalue weighted by Crippen LogP contribution is -2.39. The van der Waals surface area contributed by atoms with E-state index in [0.29, 0.717) is 24.0 Å². The number of amides is 1. The van der Waals surface area contributed by atoms with Gasteiger partial charge < -0.3 is 20.7 Å². The zero-order valence-electron chi connectivity index (χ0n) is 22.9. The number of nitrogens with zero attached hydrogens (tertiary/aromatic N) is 6. The van der Waals surface area contributed by atoms with Crippen LogP contribution in [0.1, 0.15) is 25.7 Å². The van der Waals surface area contributed by atoms with Gasteiger partial charge in [-0.15, -0.1) is 0 Å². The summed E-state index contributed by atoms with van der Waals surface area (Å²) < 4.78 is 50.1. The largest absolute Gasteiger partial charge is 0.454 e. The number of carbonyl (C=O) groups excluding carboxylic acids is 1. The van der Waals surface area contributed by atoms with Gasteiger partial charge in [0.15, 0.2) is 17.2 Å². The van der Waals surface area contributed by atoms with E-state index in [1.165, 1.54) is 30.6 Å². The standard InChI is InChI=1S/C30H27F3N8O2/c31-22-6-1-7-24(26(22)33)43-20-8-9-21(23(32)13-20)27-25-28(35)37-16-38-29(25)41(39-27)15-19-5-3-11-40(19)30(42)17(14-34)12-18-4-2-10-36-18/h1,6-9,12-13,16,18-19,36H,2-5,10-11,15H2,(H2,35,37,38)/t18?,19-/m1/s1. The van der Waals surface area contributed by atoms with Gasteiger partial charge in [0.2, 0.25) is 5.82 Å². The van der Waals surface area contributed by atoms with E-state index in [1.54, 1.807) is 15.7 Å². The zero-order chi connectivity index (χ0) is 30.1. The maximum Gasteiger partial charge on any atom is 0.264 e. The number of hydrogen-bond acceptors (Lipinski definition) is 8. The third-order valence-corrected chi connectivity index (χ3v) is 7.74. The Morgan fingerprint density at radius 3 is 2.79 bits per heavy atom. The molecule has 0 bridgehead atoms. The Bertz CT molecular complexity index is 1780. The second-order valence-corrected chi connectivity index (χ2v) is 10.5. The van der Waals surface area contributed by atoms with E-state index in [0.717, 1.165) is 37.9 Å². The minimum absolute atomic E-state index is 0.00323. The number of fused-ring (bicyclic) bond motifs is 1. The molecule has 220 valence electrons. The predicted octanol–water partition coefficient (Wildman–Crippen LogP) is 4.48. The van der Waals surface area contributed by atoms with Crippen molar-refractivity contribution in [3.63, 3.8) is 0 Å². The summed E-state index contributed by atoms with van der Waals surface area (Å²) in [5.74, 6) is -3.70. The summed E-state index contributed by atoms with van der Waals surface area (Å²) in [6.45, 7) is 1.58. The number of halogens is 3. The first-order chi connectivity index (χ1) is 20.8. The van der Waals surface area contributed by atoms with E-state index in [1.807, 2.05) is 0 Å². The van der Waals surface area contributed by atoms with Crippen molar-refractivity contribution in [3.8, 4) is 28.8 Å². The van der Waals surface area contributed by atoms with Gasteiger partial charge in [-0.05, 0) is 62.6 Å². The average Bonchev–Trinajstić information content (AvgIpc) is 3.76. The normalized spacial score (nSPS) is 18.7. The molecular formula is C30H27F3N8O2. The summed E-state index contributed by atoms with van der Waals surface area (Å²) in [6, 6.07) is 9.08. The number of rotatable bonds is 7. The number of ether oxygens (including phenoxy) is 1. The smallest absolute Gasteiger partial charge is 0.264 e. The van der Waals surface area contributed by atoms with Crippen molar-refractivity contribution in [3.05, 3.63) is 71.8 Å². The van der Waals surface area contributed by atoms with Crippen molar-refractivity contribution in [2.75, 3.05) is 18.8 Å². The van der Waals surface area contributed by atoms with Crippen LogP contribution in [0.15, 0.2) is 54.4 Å². The zero-order valence-corrected chi connectivity index (χ0v) is 22.9. The van der Waals surface area contributed by atoms with E-state index in [9.17, 15) is 18.8 Å². The fraction of sp³-hybridized carbons (Fsp3) is 0.300. The third-order valence-electron chi connectivity index (χ3n) is 7.74. The van der Waals surface area contributed by atoms with Crippen LogP contribution in [-0.4, -0.2) is 55.7 Å². The average molecular weight is 589 g/mol. The summed E-state index contributed by atoms with van der Waals surface area (Å²) >= 11 is 0. The molecule has 1 unspecified atom stereocenters. The number of likely N-dealkylation sites (tertiary alicyclic amines) is 1. The number of carbonyl (C=O) groups is 1. The summed E-state index contributed by atoms with van der Waals surface area (Å²) in [7, 11) is 0. The Balaban J connectivity index is 1.30. The molecule has 0 spiro atoms. The van der Waals surface area contributed by atoms with Crippen LogP contribution in [-0.2, 0) is 11.3 Å². The summed E-state index contributed by atoms with van der Waals surface area (Å²) in [6.07, 6.45) is 6.28. The summed E-state index contributed by atoms with van der Waals surface area (Å²) in [4.78, 5) is 23.5. The minimum Gasteiger partial charge on any atom is -0.454 e. The molecule has 2 aromatic carbocycles. The molecule has 2 fully saturated rings. The lowest BCUT2D eigenvalue weighted by molar-refractivity contribution is -0.127. The molecule has 4 aromatic rings. The molecule has 0 saturated carbocycles. The monoisotopic (exact) mass is 588 g/mol. The van der Waals surface area contributed by atoms with Crippen LogP contribution in [0.4, 0.5) is 19.0 Å². The van der Waals surface area contributed by atoms with Gasteiger partial charge in [-0.25, -0.2) is 23.4 Å². The first-order valence-electron chi connectivity index (χ1n) is 13.9. The fourth-order valence-electron chi connectivity index (χ4n) is 5.65. The fourth-order valence-corrected chi connectivity index (χ4v) is 5.65. The Morgan fingerprint density at radius 1 is 1.16 bits per heavy atom. The Kier molecular flexibility index (Phi) is 7.69. The van der Waals surface area contributed by atoms with Gasteiger partial charge in [0, 0.05) is 24.2 Å². The van der Waals surface area contributed by atoms with Crippen LogP contribution in [0.2, 0.25) is 0 Å². The van der Waals surface area contributed by atoms with E-state index in [2.05, 4.69) is 26.5 Å². The predicted molar refractivity (Wildman–Crippen MR) is 151 cm³/mol. The molecule has 43 heavy (non-hydrogen) atoms. The molecule has 10 nitrogen and oxygen atoms in total. The molecule has 2 saturated heterocycles. The topological polar surface area (TPSA) is 135 Å². The van der Waals surface area contributed by atoms with Crippen LogP contribution < -0.4 is 15.8 Å². The van der Waals surface area contributed by atoms with Crippen LogP contribution in [0.25, 0.3) is 22.3 Å². The first kappa shape index (κ1) is 28.2. The van der Waals surface area contributed by atoms with Gasteiger partial charge in [-0.3, -0.25) is 4.79 Å². The molecule has 0 aliphatic carbocycles. The molecule has 3 N–H and O–H groups in total. The molecule has 2 aromatic heterocycles. The number of benzene rings is 2. The minimum atomic E-state index is -1.19. The molecule has 4 heterocycles. The second kappa shape index (κ2) is 11.7. The number of aromatic nitrogens is 4. The maximum atomic E-state index is 15.5. The van der Waals surface area contributed by atoms with Crippen LogP contribution in [0.3, 0.4) is 0 Å². The SMILES string of the molecule is N#CC(=CC1CCCN1)C(=O)N1CCC[C@@H]1Cn1nc(-c2ccc(Oc3cccc(F)c3F)cc2F)c2c(N)ncnc21. The van der Waals surface area contributed by atoms with Gasteiger partial charge in [-0.1, -0.05) is 6.07 Å². The highest BCUT2D eigenvalue weighted by molar-refractivity contribution is 5.99. The van der Waals surface area contributed by atoms with E-state index in [-0.39, 0.29) is 58.7 Å². The molecular weight excluding hydrogens is 561 g/mol. The number of nitrogen functional groups attached to an aromatic ring is 1. The van der Waals surface area contributed by atoms with Crippen LogP contribution >= 0.6 is 0 Å². The molecule has 0 radical (unpaired) electrons. The van der Waals surface area contributed by atoms with Crippen molar-refractivity contribution >= 4 is 22.8 Å². The Labute approximate surface area is 244 Å². The number of nitrogens with two attached hydrogens (primary N) is 1. The van der Waals surface area contributed by atoms with Crippen LogP contribution in [0, 0.1) is 28.8 Å². The number of anilines is 1. The van der Waals surface area contributed by atoms with Gasteiger partial charge in [0.25, 0.3) is 5.91 Å². The molecule has 6 rings (SSSR count). The molecule has 2 atom stereocenters. The van der Waals surface area contributed by atoms with Crippen molar-refractivity contribution in [1.82, 2.24) is 30.0 Å². The lowest BCUT2D eigenvalue weighted by atomic mass is 10.1. The molecule has 2 aliphatic heterocycles. The van der Waals surface area contributed by atoms with Crippen molar-refractivity contribution in [1.29, 1.82) is 5.26 Å². The molecule has 13 heteroatoms. The molecule has 2 aliphatic rings. The van der Waals surface area contributed by atoms with Crippen molar-refractivity contribution in [2.24, 2.45) is 0 Å². The van der Waals surface area contributed by atoms with E-state index in [4.69, 9.17) is 10.5 Å². The highest BCUT2D eigenvalue weighted by Gasteiger charge is 2.33. The van der Waals surface area contributed by atoms with Gasteiger partial charge in [-0.2, -0.15) is 14.8 Å². The summed E-state index contributed by atoms with van der Waals surface area (Å²) in [5.41, 5.74) is 6.90. The van der Waals surface area contributed by atoms with Gasteiger partial charge in [0.05, 0.1) is 18.0 Å². The lowest BCUT2D eigenvalue weighted by Gasteiger charge is -2.24. The molecule has 1 amide bonds. The van der Waals surface area contributed by atoms with E-state index < -0.39 is 17.5 Å². The summed E-state index contributed by atoms with van der Waals surface area (Å²) in [5, 5.41) is 18.0. The highest BCUT2D eigenvalue weighted by atomic mass is 19.2. The Hall–Kier alpha value is -4.96. The van der Waals surface area contributed by atoms with Crippen molar-refractivity contribution in [2.45, 2.75) is 44.3 Å². The number of nitrogens with one attached hydrogen (secondary N) is 1. The third kappa shape index (κ3) is 5.49. The van der Waals surface area contributed by atoms with Gasteiger partial charge >= 0.3 is 0 Å². The second-order valence-electron chi connectivity index (χ2n) is 10.5. The number of nitriles is 1. The highest BCUT2D eigenvalue weighted by Crippen LogP contribution is 2.35. The van der Waals surface area contributed by atoms with E-state index >= 15 is 4.39 Å². The number of hydrogen-bond donors (Lipinski definition) is 2. The van der Waals surface area contributed by atoms with Gasteiger partial charge in [0.1, 0.15) is 41.0 Å². The van der Waals surface area contributed by atoms with Crippen molar-refractivity contribution < 1.29 is 22.7 Å². The maximum absolute atomic E-state index is 15.5. The Morgan fingerprint density at radius 2 is 2.02 bits per heavy atom. The quantitative estimate of drug-likeness (QED) is 0.238.